The van der Waals surface area contributed by atoms with Crippen LogP contribution in [0.3, 0.4) is 0 Å². The minimum atomic E-state index is 0.795. The van der Waals surface area contributed by atoms with Crippen molar-refractivity contribution in [3.8, 4) is 0 Å². The van der Waals surface area contributed by atoms with Gasteiger partial charge in [-0.15, -0.1) is 0 Å². The zero-order valence-corrected chi connectivity index (χ0v) is 13.9. The number of hydrogen-bond acceptors (Lipinski definition) is 0. The van der Waals surface area contributed by atoms with Crippen LogP contribution in [-0.4, -0.2) is 0 Å². The van der Waals surface area contributed by atoms with E-state index in [1.54, 1.807) is 22.3 Å². The van der Waals surface area contributed by atoms with Crippen LogP contribution in [0.15, 0.2) is 46.6 Å². The molecule has 4 unspecified atom stereocenters. The van der Waals surface area contributed by atoms with Crippen molar-refractivity contribution < 1.29 is 0 Å². The summed E-state index contributed by atoms with van der Waals surface area (Å²) in [6, 6.07) is 0. The first-order valence-electron chi connectivity index (χ1n) is 9.65. The molecule has 0 aromatic rings. The molecule has 5 aliphatic carbocycles. The minimum absolute atomic E-state index is 0.795. The molecule has 0 aliphatic heterocycles. The van der Waals surface area contributed by atoms with Gasteiger partial charge in [0.25, 0.3) is 0 Å². The molecule has 5 aliphatic rings. The van der Waals surface area contributed by atoms with Gasteiger partial charge in [-0.05, 0) is 103 Å². The van der Waals surface area contributed by atoms with Crippen LogP contribution >= 0.6 is 0 Å². The topological polar surface area (TPSA) is 0 Å². The lowest BCUT2D eigenvalue weighted by atomic mass is 9.73. The van der Waals surface area contributed by atoms with Crippen molar-refractivity contribution in [3.63, 3.8) is 0 Å². The molecule has 5 rings (SSSR count). The minimum Gasteiger partial charge on any atom is -0.0770 e. The van der Waals surface area contributed by atoms with E-state index in [9.17, 15) is 0 Å². The molecule has 0 aromatic carbocycles. The van der Waals surface area contributed by atoms with Crippen LogP contribution in [0.2, 0.25) is 0 Å². The molecule has 0 amide bonds. The molecule has 0 bridgehead atoms. The molecule has 0 spiro atoms. The summed E-state index contributed by atoms with van der Waals surface area (Å²) in [6.07, 6.45) is 21.9. The normalized spacial score (nSPS) is 42.9. The zero-order chi connectivity index (χ0) is 14.7. The van der Waals surface area contributed by atoms with Crippen LogP contribution in [0.5, 0.6) is 0 Å². The molecule has 0 aromatic heterocycles. The quantitative estimate of drug-likeness (QED) is 0.515. The summed E-state index contributed by atoms with van der Waals surface area (Å²) in [5.74, 6) is 4.03. The van der Waals surface area contributed by atoms with Gasteiger partial charge in [0.2, 0.25) is 0 Å². The van der Waals surface area contributed by atoms with Crippen LogP contribution in [0.4, 0.5) is 0 Å². The molecule has 0 N–H and O–H groups in total. The van der Waals surface area contributed by atoms with Gasteiger partial charge in [-0.2, -0.15) is 0 Å². The fourth-order valence-corrected chi connectivity index (χ4v) is 6.04. The van der Waals surface area contributed by atoms with E-state index >= 15 is 0 Å². The Bertz CT molecular complexity index is 558. The third kappa shape index (κ3) is 1.88. The van der Waals surface area contributed by atoms with Crippen molar-refractivity contribution in [2.45, 2.75) is 58.3 Å². The summed E-state index contributed by atoms with van der Waals surface area (Å²) < 4.78 is 0. The van der Waals surface area contributed by atoms with Gasteiger partial charge in [-0.1, -0.05) is 31.2 Å². The Hall–Kier alpha value is -1.04. The zero-order valence-electron chi connectivity index (χ0n) is 13.9. The van der Waals surface area contributed by atoms with Gasteiger partial charge in [0.05, 0.1) is 0 Å². The maximum atomic E-state index is 2.72. The standard InChI is InChI=1S/C22H28/c1-14-19-10-15-6-2-4-8-17(15)12-21(19)22-13-18-9-5-3-7-16(18)11-20(14)22/h10-14,19-22H,2-9H2,1H3. The molecular weight excluding hydrogens is 264 g/mol. The van der Waals surface area contributed by atoms with Crippen molar-refractivity contribution >= 4 is 0 Å². The lowest BCUT2D eigenvalue weighted by molar-refractivity contribution is 0.406. The van der Waals surface area contributed by atoms with Crippen molar-refractivity contribution in [2.75, 3.05) is 0 Å². The van der Waals surface area contributed by atoms with Crippen molar-refractivity contribution in [2.24, 2.45) is 29.6 Å². The van der Waals surface area contributed by atoms with Gasteiger partial charge in [0.1, 0.15) is 0 Å². The predicted octanol–water partition coefficient (Wildman–Crippen LogP) is 5.98. The fraction of sp³-hybridized carbons (Fsp3) is 0.636. The van der Waals surface area contributed by atoms with Gasteiger partial charge < -0.3 is 0 Å². The molecule has 0 heteroatoms. The Morgan fingerprint density at radius 3 is 1.23 bits per heavy atom. The lowest BCUT2D eigenvalue weighted by Gasteiger charge is -2.32. The second-order valence-corrected chi connectivity index (χ2v) is 8.35. The molecule has 0 heterocycles. The van der Waals surface area contributed by atoms with Crippen molar-refractivity contribution in [1.82, 2.24) is 0 Å². The smallest absolute Gasteiger partial charge is 0.00927 e. The third-order valence-electron chi connectivity index (χ3n) is 7.23. The number of rotatable bonds is 0. The van der Waals surface area contributed by atoms with Gasteiger partial charge in [-0.25, -0.2) is 0 Å². The van der Waals surface area contributed by atoms with Gasteiger partial charge in [0, 0.05) is 0 Å². The van der Waals surface area contributed by atoms with Crippen LogP contribution in [0, 0.1) is 29.6 Å². The average Bonchev–Trinajstić information content (AvgIpc) is 2.83. The van der Waals surface area contributed by atoms with E-state index in [2.05, 4.69) is 31.2 Å². The van der Waals surface area contributed by atoms with Crippen LogP contribution < -0.4 is 0 Å². The van der Waals surface area contributed by atoms with E-state index in [0.29, 0.717) is 0 Å². The highest BCUT2D eigenvalue weighted by molar-refractivity contribution is 5.44. The lowest BCUT2D eigenvalue weighted by Crippen LogP contribution is -2.20. The van der Waals surface area contributed by atoms with Gasteiger partial charge in [-0.3, -0.25) is 0 Å². The van der Waals surface area contributed by atoms with Crippen molar-refractivity contribution in [3.05, 3.63) is 46.6 Å². The molecule has 3 saturated carbocycles. The Kier molecular flexibility index (Phi) is 3.03. The largest absolute Gasteiger partial charge is 0.0770 e. The molecule has 116 valence electrons. The maximum absolute atomic E-state index is 2.72. The van der Waals surface area contributed by atoms with Crippen LogP contribution in [-0.2, 0) is 0 Å². The summed E-state index contributed by atoms with van der Waals surface area (Å²) in [7, 11) is 0. The first-order valence-corrected chi connectivity index (χ1v) is 9.65. The average molecular weight is 292 g/mol. The van der Waals surface area contributed by atoms with Crippen LogP contribution in [0.25, 0.3) is 0 Å². The highest BCUT2D eigenvalue weighted by Crippen LogP contribution is 2.56. The maximum Gasteiger partial charge on any atom is -0.00927 e. The van der Waals surface area contributed by atoms with Gasteiger partial charge in [0.15, 0.2) is 0 Å². The summed E-state index contributed by atoms with van der Waals surface area (Å²) in [5.41, 5.74) is 6.88. The number of allylic oxidation sites excluding steroid dienone is 8. The molecule has 0 saturated heterocycles. The Morgan fingerprint density at radius 1 is 0.545 bits per heavy atom. The van der Waals surface area contributed by atoms with Crippen LogP contribution in [0.1, 0.15) is 58.3 Å². The molecule has 22 heavy (non-hydrogen) atoms. The van der Waals surface area contributed by atoms with Gasteiger partial charge >= 0.3 is 0 Å². The summed E-state index contributed by atoms with van der Waals surface area (Å²) in [4.78, 5) is 0. The van der Waals surface area contributed by atoms with Crippen molar-refractivity contribution in [1.29, 1.82) is 0 Å². The Labute approximate surface area is 135 Å². The first-order chi connectivity index (χ1) is 10.8. The molecular formula is C22H28. The highest BCUT2D eigenvalue weighted by atomic mass is 14.5. The van der Waals surface area contributed by atoms with E-state index in [0.717, 1.165) is 29.6 Å². The molecule has 4 atom stereocenters. The highest BCUT2D eigenvalue weighted by Gasteiger charge is 2.47. The summed E-state index contributed by atoms with van der Waals surface area (Å²) in [5, 5.41) is 0. The molecule has 0 radical (unpaired) electrons. The monoisotopic (exact) mass is 292 g/mol. The second kappa shape index (κ2) is 4.98. The Morgan fingerprint density at radius 2 is 0.864 bits per heavy atom. The molecule has 3 fully saturated rings. The van der Waals surface area contributed by atoms with E-state index in [1.165, 1.54) is 51.4 Å². The first kappa shape index (κ1) is 13.4. The summed E-state index contributed by atoms with van der Waals surface area (Å²) >= 11 is 0. The third-order valence-corrected chi connectivity index (χ3v) is 7.23. The van der Waals surface area contributed by atoms with E-state index in [1.807, 2.05) is 0 Å². The van der Waals surface area contributed by atoms with E-state index in [4.69, 9.17) is 0 Å². The van der Waals surface area contributed by atoms with E-state index in [-0.39, 0.29) is 0 Å². The molecule has 0 nitrogen and oxygen atoms in total. The van der Waals surface area contributed by atoms with E-state index < -0.39 is 0 Å². The second-order valence-electron chi connectivity index (χ2n) is 8.35. The fourth-order valence-electron chi connectivity index (χ4n) is 6.04. The Balaban J connectivity index is 1.54. The number of hydrogen-bond donors (Lipinski definition) is 0. The number of fused-ring (bicyclic) bond motifs is 5. The predicted molar refractivity (Wildman–Crippen MR) is 92.4 cm³/mol. The summed E-state index contributed by atoms with van der Waals surface area (Å²) in [6.45, 7) is 2.53. The SMILES string of the molecule is CC1C2C=C3CCCCC3=CC2C2C=C3CCCCC3=CC12.